The molecular formula is C38H31N3O. The number of fused-ring (bicyclic) bond motifs is 6. The number of hydrogen-bond acceptors (Lipinski definition) is 3. The Labute approximate surface area is 245 Å². The molecular weight excluding hydrogens is 514 g/mol. The summed E-state index contributed by atoms with van der Waals surface area (Å²) in [5, 5.41) is 4.93. The number of nitrogens with zero attached hydrogens (tertiary/aromatic N) is 3. The molecule has 0 saturated carbocycles. The molecule has 0 amide bonds. The molecule has 0 saturated heterocycles. The molecule has 0 aliphatic heterocycles. The third kappa shape index (κ3) is 3.61. The van der Waals surface area contributed by atoms with Crippen LogP contribution >= 0.6 is 0 Å². The summed E-state index contributed by atoms with van der Waals surface area (Å²) in [6.45, 7) is 16.9. The van der Waals surface area contributed by atoms with Crippen molar-refractivity contribution >= 4 is 56.5 Å². The molecule has 1 aliphatic carbocycles. The van der Waals surface area contributed by atoms with Crippen molar-refractivity contribution in [3.05, 3.63) is 144 Å². The number of para-hydroxylation sites is 1. The van der Waals surface area contributed by atoms with Gasteiger partial charge in [0.25, 0.3) is 0 Å². The topological polar surface area (TPSA) is 42.8 Å². The second-order valence-electron chi connectivity index (χ2n) is 11.2. The number of furan rings is 1. The predicted octanol–water partition coefficient (Wildman–Crippen LogP) is 9.78. The quantitative estimate of drug-likeness (QED) is 0.184. The molecule has 0 unspecified atom stereocenters. The van der Waals surface area contributed by atoms with Crippen LogP contribution in [0, 0.1) is 0 Å². The molecule has 0 fully saturated rings. The van der Waals surface area contributed by atoms with E-state index in [1.165, 1.54) is 27.1 Å². The first-order valence-electron chi connectivity index (χ1n) is 14.1. The van der Waals surface area contributed by atoms with Gasteiger partial charge in [-0.3, -0.25) is 4.99 Å². The average Bonchev–Trinajstić information content (AvgIpc) is 3.68. The van der Waals surface area contributed by atoms with Gasteiger partial charge in [0.15, 0.2) is 0 Å². The number of hydrogen-bond donors (Lipinski definition) is 0. The fourth-order valence-corrected chi connectivity index (χ4v) is 6.88. The lowest BCUT2D eigenvalue weighted by Gasteiger charge is -2.26. The van der Waals surface area contributed by atoms with Crippen LogP contribution in [0.4, 0.5) is 5.88 Å². The van der Waals surface area contributed by atoms with Gasteiger partial charge in [0.05, 0.1) is 28.6 Å². The van der Waals surface area contributed by atoms with Crippen molar-refractivity contribution in [3.8, 4) is 0 Å². The highest BCUT2D eigenvalue weighted by Gasteiger charge is 2.38. The smallest absolute Gasteiger partial charge is 0.227 e. The lowest BCUT2D eigenvalue weighted by Crippen LogP contribution is -2.21. The molecule has 6 aromatic rings. The first-order chi connectivity index (χ1) is 20.5. The van der Waals surface area contributed by atoms with Gasteiger partial charge >= 0.3 is 0 Å². The summed E-state index contributed by atoms with van der Waals surface area (Å²) >= 11 is 0. The van der Waals surface area contributed by atoms with E-state index in [4.69, 9.17) is 9.41 Å². The fourth-order valence-electron chi connectivity index (χ4n) is 6.88. The third-order valence-corrected chi connectivity index (χ3v) is 8.68. The zero-order valence-corrected chi connectivity index (χ0v) is 23.9. The van der Waals surface area contributed by atoms with E-state index in [2.05, 4.69) is 122 Å². The van der Waals surface area contributed by atoms with Crippen LogP contribution in [0.1, 0.15) is 36.1 Å². The Bertz CT molecular complexity index is 2150. The molecule has 0 N–H and O–H groups in total. The van der Waals surface area contributed by atoms with Gasteiger partial charge in [-0.2, -0.15) is 0 Å². The van der Waals surface area contributed by atoms with E-state index in [-0.39, 0.29) is 5.41 Å². The van der Waals surface area contributed by atoms with Gasteiger partial charge in [-0.15, -0.1) is 0 Å². The van der Waals surface area contributed by atoms with Crippen molar-refractivity contribution in [1.82, 2.24) is 4.57 Å². The van der Waals surface area contributed by atoms with Crippen LogP contribution in [0.25, 0.3) is 38.2 Å². The first-order valence-corrected chi connectivity index (χ1v) is 14.1. The monoisotopic (exact) mass is 545 g/mol. The number of aliphatic imine (C=N–C) groups is 2. The Kier molecular flexibility index (Phi) is 5.95. The van der Waals surface area contributed by atoms with Gasteiger partial charge in [0.2, 0.25) is 5.88 Å². The van der Waals surface area contributed by atoms with Crippen LogP contribution in [0.2, 0.25) is 0 Å². The van der Waals surface area contributed by atoms with E-state index in [0.29, 0.717) is 12.6 Å². The largest absolute Gasteiger partial charge is 0.446 e. The molecule has 4 heteroatoms. The fraction of sp³-hybridized carbons (Fsp3) is 0.105. The number of aromatic nitrogens is 1. The summed E-state index contributed by atoms with van der Waals surface area (Å²) in [5.41, 5.74) is 9.26. The van der Waals surface area contributed by atoms with Crippen molar-refractivity contribution in [1.29, 1.82) is 0 Å². The number of rotatable bonds is 7. The van der Waals surface area contributed by atoms with E-state index >= 15 is 0 Å². The normalized spacial score (nSPS) is 14.6. The van der Waals surface area contributed by atoms with Crippen molar-refractivity contribution in [3.63, 3.8) is 0 Å². The molecule has 0 spiro atoms. The highest BCUT2D eigenvalue weighted by atomic mass is 16.3. The van der Waals surface area contributed by atoms with Crippen LogP contribution in [0.5, 0.6) is 0 Å². The molecule has 2 heterocycles. The second-order valence-corrected chi connectivity index (χ2v) is 11.2. The second kappa shape index (κ2) is 9.71. The van der Waals surface area contributed by atoms with Gasteiger partial charge in [-0.25, -0.2) is 4.99 Å². The highest BCUT2D eigenvalue weighted by molar-refractivity contribution is 6.21. The van der Waals surface area contributed by atoms with Gasteiger partial charge in [0.1, 0.15) is 6.67 Å². The van der Waals surface area contributed by atoms with Crippen LogP contribution in [-0.4, -0.2) is 17.0 Å². The summed E-state index contributed by atoms with van der Waals surface area (Å²) < 4.78 is 8.04. The summed E-state index contributed by atoms with van der Waals surface area (Å²) in [5.74, 6) is 0.455. The molecule has 1 aliphatic rings. The van der Waals surface area contributed by atoms with Crippen molar-refractivity contribution < 1.29 is 4.42 Å². The Morgan fingerprint density at radius 2 is 1.62 bits per heavy atom. The Balaban J connectivity index is 1.49. The van der Waals surface area contributed by atoms with E-state index in [1.54, 1.807) is 6.26 Å². The molecule has 0 atom stereocenters. The third-order valence-electron chi connectivity index (χ3n) is 8.68. The van der Waals surface area contributed by atoms with Crippen LogP contribution in [0.3, 0.4) is 0 Å². The van der Waals surface area contributed by atoms with Gasteiger partial charge < -0.3 is 8.98 Å². The van der Waals surface area contributed by atoms with Gasteiger partial charge in [-0.1, -0.05) is 106 Å². The van der Waals surface area contributed by atoms with Gasteiger partial charge in [-0.05, 0) is 58.0 Å². The number of allylic oxidation sites excluding steroid dienone is 4. The van der Waals surface area contributed by atoms with E-state index in [1.807, 2.05) is 18.2 Å². The highest BCUT2D eigenvalue weighted by Crippen LogP contribution is 2.49. The van der Waals surface area contributed by atoms with Crippen LogP contribution in [0.15, 0.2) is 136 Å². The van der Waals surface area contributed by atoms with Crippen LogP contribution in [-0.2, 0) is 12.1 Å². The molecule has 0 bridgehead atoms. The van der Waals surface area contributed by atoms with E-state index in [9.17, 15) is 0 Å². The van der Waals surface area contributed by atoms with Crippen molar-refractivity contribution in [2.24, 2.45) is 9.98 Å². The zero-order chi connectivity index (χ0) is 29.0. The van der Waals surface area contributed by atoms with E-state index in [0.717, 1.165) is 44.6 Å². The minimum atomic E-state index is -0.296. The number of benzene rings is 4. The molecule has 42 heavy (non-hydrogen) atoms. The predicted molar refractivity (Wildman–Crippen MR) is 177 cm³/mol. The molecule has 7 rings (SSSR count). The maximum absolute atomic E-state index is 5.74. The standard InChI is InChI=1S/C38H31N3O/c1-6-25-27-16-12-17-29(35(27)38(3,4)31(25)7-2)36(30-21-22-42-37(30)39-5)40-23-41-32-18-11-10-15-28(32)34-26-14-9-8-13-24(26)19-20-33(34)41/h6-22H,1-2,5,23H2,3-4H3/b40-36-. The molecule has 204 valence electrons. The minimum Gasteiger partial charge on any atom is -0.446 e. The zero-order valence-electron chi connectivity index (χ0n) is 23.9. The molecule has 4 aromatic carbocycles. The van der Waals surface area contributed by atoms with Crippen molar-refractivity contribution in [2.45, 2.75) is 25.9 Å². The Hall–Kier alpha value is -5.22. The Morgan fingerprint density at radius 1 is 0.833 bits per heavy atom. The van der Waals surface area contributed by atoms with Crippen LogP contribution < -0.4 is 0 Å². The lowest BCUT2D eigenvalue weighted by molar-refractivity contribution is 0.578. The molecule has 0 radical (unpaired) electrons. The summed E-state index contributed by atoms with van der Waals surface area (Å²) in [7, 11) is 0. The first kappa shape index (κ1) is 25.7. The minimum absolute atomic E-state index is 0.296. The molecule has 2 aromatic heterocycles. The average molecular weight is 546 g/mol. The summed E-state index contributed by atoms with van der Waals surface area (Å²) in [4.78, 5) is 9.58. The van der Waals surface area contributed by atoms with Gasteiger partial charge in [0, 0.05) is 21.8 Å². The summed E-state index contributed by atoms with van der Waals surface area (Å²) in [6, 6.07) is 29.9. The molecule has 4 nitrogen and oxygen atoms in total. The maximum atomic E-state index is 5.74. The SMILES string of the molecule is C=CC1=C(C=C)C(C)(C)c2c1cccc2/C(=N/Cn1c2ccccc2c2c3ccccc3ccc21)c1ccoc1N=C. The summed E-state index contributed by atoms with van der Waals surface area (Å²) in [6.07, 6.45) is 5.54. The Morgan fingerprint density at radius 3 is 2.40 bits per heavy atom. The maximum Gasteiger partial charge on any atom is 0.227 e. The lowest BCUT2D eigenvalue weighted by atomic mass is 9.77. The van der Waals surface area contributed by atoms with E-state index < -0.39 is 0 Å². The van der Waals surface area contributed by atoms with Crippen molar-refractivity contribution in [2.75, 3.05) is 0 Å².